The van der Waals surface area contributed by atoms with Gasteiger partial charge in [-0.3, -0.25) is 4.79 Å². The summed E-state index contributed by atoms with van der Waals surface area (Å²) in [6.45, 7) is 0. The SMILES string of the molecule is COC(=O)c1cc(NC(=O)c2c(Oc3ccc(OC(F)(F)F)cc3)ccc(OC(F)(F)F)c2F)ccn1.[HH]. The molecule has 0 aliphatic rings. The molecule has 0 unspecified atom stereocenters. The van der Waals surface area contributed by atoms with Crippen molar-refractivity contribution in [2.75, 3.05) is 12.4 Å². The van der Waals surface area contributed by atoms with Crippen molar-refractivity contribution in [3.63, 3.8) is 0 Å². The summed E-state index contributed by atoms with van der Waals surface area (Å²) in [6, 6.07) is 7.23. The van der Waals surface area contributed by atoms with E-state index in [1.54, 1.807) is 0 Å². The number of alkyl halides is 6. The minimum atomic E-state index is -5.30. The van der Waals surface area contributed by atoms with E-state index in [0.29, 0.717) is 6.07 Å². The Morgan fingerprint density at radius 1 is 0.865 bits per heavy atom. The summed E-state index contributed by atoms with van der Waals surface area (Å²) in [5, 5.41) is 2.18. The molecule has 0 bridgehead atoms. The normalized spacial score (nSPS) is 11.5. The molecule has 15 heteroatoms. The second kappa shape index (κ2) is 10.6. The minimum Gasteiger partial charge on any atom is -0.464 e. The Kier molecular flexibility index (Phi) is 7.74. The largest absolute Gasteiger partial charge is 0.573 e. The molecular formula is C22H15F7N2O6. The Labute approximate surface area is 204 Å². The molecular weight excluding hydrogens is 521 g/mol. The van der Waals surface area contributed by atoms with Crippen LogP contribution in [-0.4, -0.2) is 36.7 Å². The van der Waals surface area contributed by atoms with Gasteiger partial charge in [-0.1, -0.05) is 0 Å². The Bertz CT molecular complexity index is 1300. The van der Waals surface area contributed by atoms with E-state index < -0.39 is 53.2 Å². The summed E-state index contributed by atoms with van der Waals surface area (Å²) in [7, 11) is 1.07. The third-order valence-corrected chi connectivity index (χ3v) is 4.22. The number of carbonyl (C=O) groups excluding carboxylic acids is 2. The molecule has 0 aliphatic heterocycles. The van der Waals surface area contributed by atoms with E-state index in [1.165, 1.54) is 6.07 Å². The zero-order valence-corrected chi connectivity index (χ0v) is 18.2. The number of aromatic nitrogens is 1. The van der Waals surface area contributed by atoms with E-state index in [4.69, 9.17) is 4.74 Å². The van der Waals surface area contributed by atoms with Gasteiger partial charge in [0.25, 0.3) is 5.91 Å². The molecule has 0 atom stereocenters. The predicted molar refractivity (Wildman–Crippen MR) is 112 cm³/mol. The van der Waals surface area contributed by atoms with Crippen molar-refractivity contribution < 1.29 is 60.7 Å². The third kappa shape index (κ3) is 7.46. The molecule has 2 aromatic carbocycles. The number of amides is 1. The number of halogens is 7. The average molecular weight is 536 g/mol. The van der Waals surface area contributed by atoms with Crippen LogP contribution in [0.2, 0.25) is 0 Å². The highest BCUT2D eigenvalue weighted by atomic mass is 19.4. The van der Waals surface area contributed by atoms with Crippen LogP contribution in [0.4, 0.5) is 36.4 Å². The van der Waals surface area contributed by atoms with Crippen molar-refractivity contribution >= 4 is 17.6 Å². The van der Waals surface area contributed by atoms with Crippen molar-refractivity contribution in [1.82, 2.24) is 4.98 Å². The first kappa shape index (κ1) is 27.0. The van der Waals surface area contributed by atoms with Crippen LogP contribution in [-0.2, 0) is 4.74 Å². The Hall–Kier alpha value is -4.56. The summed E-state index contributed by atoms with van der Waals surface area (Å²) in [5.41, 5.74) is -1.40. The number of methoxy groups -OCH3 is 1. The fourth-order valence-electron chi connectivity index (χ4n) is 2.79. The fourth-order valence-corrected chi connectivity index (χ4v) is 2.79. The first-order valence-corrected chi connectivity index (χ1v) is 9.73. The maximum absolute atomic E-state index is 15.0. The number of benzene rings is 2. The topological polar surface area (TPSA) is 96.0 Å². The number of nitrogens with one attached hydrogen (secondary N) is 1. The number of hydrogen-bond acceptors (Lipinski definition) is 7. The zero-order chi connectivity index (χ0) is 27.4. The first-order chi connectivity index (χ1) is 17.3. The van der Waals surface area contributed by atoms with E-state index in [-0.39, 0.29) is 18.6 Å². The van der Waals surface area contributed by atoms with Gasteiger partial charge in [0.2, 0.25) is 0 Å². The summed E-state index contributed by atoms with van der Waals surface area (Å²) < 4.78 is 107. The molecule has 0 fully saturated rings. The van der Waals surface area contributed by atoms with Gasteiger partial charge in [0.05, 0.1) is 7.11 Å². The number of pyridine rings is 1. The summed E-state index contributed by atoms with van der Waals surface area (Å²) in [5.74, 6) is -6.75. The summed E-state index contributed by atoms with van der Waals surface area (Å²) in [4.78, 5) is 28.2. The van der Waals surface area contributed by atoms with Gasteiger partial charge in [-0.05, 0) is 48.5 Å². The van der Waals surface area contributed by atoms with E-state index in [1.807, 2.05) is 0 Å². The van der Waals surface area contributed by atoms with Crippen molar-refractivity contribution in [3.05, 3.63) is 71.8 Å². The second-order valence-corrected chi connectivity index (χ2v) is 6.80. The van der Waals surface area contributed by atoms with Crippen LogP contribution in [0.5, 0.6) is 23.0 Å². The molecule has 0 saturated heterocycles. The molecule has 1 amide bonds. The molecule has 37 heavy (non-hydrogen) atoms. The van der Waals surface area contributed by atoms with Gasteiger partial charge >= 0.3 is 18.7 Å². The highest BCUT2D eigenvalue weighted by Crippen LogP contribution is 2.36. The number of anilines is 1. The molecule has 3 rings (SSSR count). The van der Waals surface area contributed by atoms with Crippen molar-refractivity contribution in [1.29, 1.82) is 0 Å². The lowest BCUT2D eigenvalue weighted by atomic mass is 10.1. The van der Waals surface area contributed by atoms with Gasteiger partial charge in [0, 0.05) is 13.3 Å². The molecule has 0 aliphatic carbocycles. The molecule has 3 aromatic rings. The van der Waals surface area contributed by atoms with E-state index in [0.717, 1.165) is 49.7 Å². The number of nitrogens with zero attached hydrogens (tertiary/aromatic N) is 1. The Morgan fingerprint density at radius 3 is 2.05 bits per heavy atom. The maximum Gasteiger partial charge on any atom is 0.573 e. The lowest BCUT2D eigenvalue weighted by molar-refractivity contribution is -0.276. The molecule has 1 heterocycles. The Balaban J connectivity index is 0.00000507. The third-order valence-electron chi connectivity index (χ3n) is 4.22. The molecule has 1 N–H and O–H groups in total. The smallest absolute Gasteiger partial charge is 0.464 e. The molecule has 0 spiro atoms. The van der Waals surface area contributed by atoms with Crippen LogP contribution in [0, 0.1) is 5.82 Å². The van der Waals surface area contributed by atoms with Crippen molar-refractivity contribution in [2.45, 2.75) is 12.7 Å². The van der Waals surface area contributed by atoms with Crippen LogP contribution >= 0.6 is 0 Å². The first-order valence-electron chi connectivity index (χ1n) is 9.73. The van der Waals surface area contributed by atoms with Crippen LogP contribution < -0.4 is 19.5 Å². The zero-order valence-electron chi connectivity index (χ0n) is 18.2. The highest BCUT2D eigenvalue weighted by molar-refractivity contribution is 6.07. The average Bonchev–Trinajstić information content (AvgIpc) is 2.80. The molecule has 8 nitrogen and oxygen atoms in total. The molecule has 198 valence electrons. The maximum atomic E-state index is 15.0. The van der Waals surface area contributed by atoms with E-state index in [9.17, 15) is 35.9 Å². The monoisotopic (exact) mass is 536 g/mol. The number of hydrogen-bond donors (Lipinski definition) is 1. The van der Waals surface area contributed by atoms with Gasteiger partial charge in [0.15, 0.2) is 11.6 Å². The van der Waals surface area contributed by atoms with Gasteiger partial charge in [-0.2, -0.15) is 0 Å². The van der Waals surface area contributed by atoms with E-state index in [2.05, 4.69) is 24.5 Å². The quantitative estimate of drug-likeness (QED) is 0.288. The summed E-state index contributed by atoms with van der Waals surface area (Å²) >= 11 is 0. The molecule has 0 radical (unpaired) electrons. The number of rotatable bonds is 7. The lowest BCUT2D eigenvalue weighted by Crippen LogP contribution is -2.20. The van der Waals surface area contributed by atoms with Gasteiger partial charge in [-0.15, -0.1) is 26.3 Å². The van der Waals surface area contributed by atoms with Gasteiger partial charge < -0.3 is 24.3 Å². The van der Waals surface area contributed by atoms with Crippen molar-refractivity contribution in [2.24, 2.45) is 0 Å². The van der Waals surface area contributed by atoms with Gasteiger partial charge in [0.1, 0.15) is 28.5 Å². The second-order valence-electron chi connectivity index (χ2n) is 6.80. The Morgan fingerprint density at radius 2 is 1.46 bits per heavy atom. The number of carbonyl (C=O) groups is 2. The minimum absolute atomic E-state index is 0. The fraction of sp³-hybridized carbons (Fsp3) is 0.136. The number of ether oxygens (including phenoxy) is 4. The molecule has 1 aromatic heterocycles. The molecule has 0 saturated carbocycles. The van der Waals surface area contributed by atoms with Crippen LogP contribution in [0.15, 0.2) is 54.7 Å². The van der Waals surface area contributed by atoms with Crippen LogP contribution in [0.25, 0.3) is 0 Å². The van der Waals surface area contributed by atoms with Gasteiger partial charge in [-0.25, -0.2) is 14.2 Å². The standard InChI is InChI=1S/C22H13F7N2O6.H2/c1-34-20(33)14-10-11(8-9-30-14)31-19(32)17-15(6-7-16(18(17)23)37-22(27,28)29)35-12-2-4-13(5-3-12)36-21(24,25)26;/h2-10H,1H3,(H,30,31,32);1H. The van der Waals surface area contributed by atoms with Crippen LogP contribution in [0.1, 0.15) is 22.3 Å². The number of esters is 1. The lowest BCUT2D eigenvalue weighted by Gasteiger charge is -2.16. The highest BCUT2D eigenvalue weighted by Gasteiger charge is 2.34. The summed E-state index contributed by atoms with van der Waals surface area (Å²) in [6.07, 6.45) is -9.17. The predicted octanol–water partition coefficient (Wildman–Crippen LogP) is 6.10. The van der Waals surface area contributed by atoms with Crippen molar-refractivity contribution in [3.8, 4) is 23.0 Å². The van der Waals surface area contributed by atoms with E-state index >= 15 is 4.39 Å². The van der Waals surface area contributed by atoms with Crippen LogP contribution in [0.3, 0.4) is 0 Å².